The second-order valence-electron chi connectivity index (χ2n) is 6.30. The van der Waals surface area contributed by atoms with Crippen molar-refractivity contribution in [1.82, 2.24) is 5.32 Å². The van der Waals surface area contributed by atoms with Gasteiger partial charge in [0, 0.05) is 17.0 Å². The van der Waals surface area contributed by atoms with E-state index in [0.717, 1.165) is 16.7 Å². The van der Waals surface area contributed by atoms with Gasteiger partial charge < -0.3 is 10.4 Å². The van der Waals surface area contributed by atoms with Crippen LogP contribution in [0.4, 0.5) is 0 Å². The maximum Gasteiger partial charge on any atom is 0.226 e. The molecule has 0 aliphatic rings. The van der Waals surface area contributed by atoms with Gasteiger partial charge in [-0.3, -0.25) is 4.79 Å². The van der Waals surface area contributed by atoms with Crippen LogP contribution < -0.4 is 5.32 Å². The molecule has 0 heterocycles. The summed E-state index contributed by atoms with van der Waals surface area (Å²) in [5.41, 5.74) is 2.26. The molecule has 1 amide bonds. The molecule has 2 rings (SSSR count). The highest BCUT2D eigenvalue weighted by Crippen LogP contribution is 2.24. The van der Waals surface area contributed by atoms with Gasteiger partial charge in [0.05, 0.1) is 6.61 Å². The van der Waals surface area contributed by atoms with Gasteiger partial charge in [-0.05, 0) is 35.2 Å². The molecular formula is C19H22ClNO2. The minimum atomic E-state index is -0.543. The number of carbonyl (C=O) groups excluding carboxylic acids is 1. The van der Waals surface area contributed by atoms with E-state index in [9.17, 15) is 9.90 Å². The fraction of sp³-hybridized carbons (Fsp3) is 0.316. The SMILES string of the molecule is CC(C)(Cc1cccc(Cl)c1)C(=O)NCc1ccccc1CO. The van der Waals surface area contributed by atoms with E-state index in [1.54, 1.807) is 0 Å². The molecule has 0 aromatic heterocycles. The summed E-state index contributed by atoms with van der Waals surface area (Å²) in [7, 11) is 0. The van der Waals surface area contributed by atoms with Crippen LogP contribution >= 0.6 is 11.6 Å². The van der Waals surface area contributed by atoms with Gasteiger partial charge in [0.1, 0.15) is 0 Å². The summed E-state index contributed by atoms with van der Waals surface area (Å²) in [5, 5.41) is 13.0. The third-order valence-corrected chi connectivity index (χ3v) is 4.11. The first-order valence-corrected chi connectivity index (χ1v) is 8.00. The Balaban J connectivity index is 2.01. The second kappa shape index (κ2) is 7.62. The summed E-state index contributed by atoms with van der Waals surface area (Å²) in [6.45, 7) is 4.22. The van der Waals surface area contributed by atoms with Gasteiger partial charge in [-0.1, -0.05) is 61.8 Å². The Labute approximate surface area is 142 Å². The standard InChI is InChI=1S/C19H22ClNO2/c1-19(2,11-14-6-5-9-17(20)10-14)18(23)21-12-15-7-3-4-8-16(15)13-22/h3-10,22H,11-13H2,1-2H3,(H,21,23). The fourth-order valence-corrected chi connectivity index (χ4v) is 2.75. The number of rotatable bonds is 6. The molecular weight excluding hydrogens is 310 g/mol. The van der Waals surface area contributed by atoms with Gasteiger partial charge in [-0.25, -0.2) is 0 Å². The zero-order valence-electron chi connectivity index (χ0n) is 13.5. The van der Waals surface area contributed by atoms with E-state index in [1.165, 1.54) is 0 Å². The Kier molecular flexibility index (Phi) is 5.80. The second-order valence-corrected chi connectivity index (χ2v) is 6.74. The predicted molar refractivity (Wildman–Crippen MR) is 93.1 cm³/mol. The van der Waals surface area contributed by atoms with Crippen LogP contribution in [0.3, 0.4) is 0 Å². The Hall–Kier alpha value is -1.84. The van der Waals surface area contributed by atoms with Gasteiger partial charge in [0.2, 0.25) is 5.91 Å². The van der Waals surface area contributed by atoms with Gasteiger partial charge in [0.15, 0.2) is 0 Å². The van der Waals surface area contributed by atoms with Crippen molar-refractivity contribution >= 4 is 17.5 Å². The molecule has 23 heavy (non-hydrogen) atoms. The summed E-state index contributed by atoms with van der Waals surface area (Å²) in [5.74, 6) is -0.0229. The highest BCUT2D eigenvalue weighted by Gasteiger charge is 2.27. The Morgan fingerprint density at radius 1 is 1.13 bits per heavy atom. The topological polar surface area (TPSA) is 49.3 Å². The first-order valence-electron chi connectivity index (χ1n) is 7.63. The molecule has 0 saturated carbocycles. The number of nitrogens with one attached hydrogen (secondary N) is 1. The molecule has 0 radical (unpaired) electrons. The number of hydrogen-bond donors (Lipinski definition) is 2. The Morgan fingerprint density at radius 3 is 2.48 bits per heavy atom. The van der Waals surface area contributed by atoms with Crippen molar-refractivity contribution in [2.75, 3.05) is 0 Å². The first-order chi connectivity index (χ1) is 10.9. The van der Waals surface area contributed by atoms with E-state index in [1.807, 2.05) is 62.4 Å². The predicted octanol–water partition coefficient (Wildman–Crippen LogP) is 3.72. The third kappa shape index (κ3) is 4.81. The van der Waals surface area contributed by atoms with E-state index >= 15 is 0 Å². The smallest absolute Gasteiger partial charge is 0.226 e. The van der Waals surface area contributed by atoms with Crippen LogP contribution in [0.15, 0.2) is 48.5 Å². The van der Waals surface area contributed by atoms with Crippen LogP contribution in [-0.2, 0) is 24.4 Å². The highest BCUT2D eigenvalue weighted by molar-refractivity contribution is 6.30. The van der Waals surface area contributed by atoms with Gasteiger partial charge >= 0.3 is 0 Å². The quantitative estimate of drug-likeness (QED) is 0.847. The van der Waals surface area contributed by atoms with Crippen molar-refractivity contribution in [2.45, 2.75) is 33.4 Å². The highest BCUT2D eigenvalue weighted by atomic mass is 35.5. The summed E-state index contributed by atoms with van der Waals surface area (Å²) in [6, 6.07) is 15.1. The third-order valence-electron chi connectivity index (χ3n) is 3.88. The molecule has 0 unspecified atom stereocenters. The molecule has 2 aromatic carbocycles. The maximum absolute atomic E-state index is 12.5. The van der Waals surface area contributed by atoms with Crippen molar-refractivity contribution in [3.8, 4) is 0 Å². The number of halogens is 1. The molecule has 0 saturated heterocycles. The van der Waals surface area contributed by atoms with E-state index < -0.39 is 5.41 Å². The zero-order valence-corrected chi connectivity index (χ0v) is 14.2. The van der Waals surface area contributed by atoms with Crippen molar-refractivity contribution in [3.05, 3.63) is 70.2 Å². The van der Waals surface area contributed by atoms with Crippen LogP contribution in [-0.4, -0.2) is 11.0 Å². The lowest BCUT2D eigenvalue weighted by Gasteiger charge is -2.24. The van der Waals surface area contributed by atoms with Crippen LogP contribution in [0, 0.1) is 5.41 Å². The van der Waals surface area contributed by atoms with Crippen LogP contribution in [0.1, 0.15) is 30.5 Å². The molecule has 0 spiro atoms. The summed E-state index contributed by atoms with van der Waals surface area (Å²) < 4.78 is 0. The first kappa shape index (κ1) is 17.5. The van der Waals surface area contributed by atoms with Crippen molar-refractivity contribution < 1.29 is 9.90 Å². The Bertz CT molecular complexity index is 683. The van der Waals surface area contributed by atoms with Crippen LogP contribution in [0.25, 0.3) is 0 Å². The summed E-state index contributed by atoms with van der Waals surface area (Å²) >= 11 is 6.00. The number of amides is 1. The molecule has 3 nitrogen and oxygen atoms in total. The fourth-order valence-electron chi connectivity index (χ4n) is 2.54. The molecule has 0 aliphatic heterocycles. The molecule has 2 aromatic rings. The van der Waals surface area contributed by atoms with Crippen LogP contribution in [0.2, 0.25) is 5.02 Å². The Morgan fingerprint density at radius 2 is 1.83 bits per heavy atom. The monoisotopic (exact) mass is 331 g/mol. The molecule has 2 N–H and O–H groups in total. The van der Waals surface area contributed by atoms with E-state index in [2.05, 4.69) is 5.32 Å². The number of hydrogen-bond acceptors (Lipinski definition) is 2. The number of benzene rings is 2. The van der Waals surface area contributed by atoms with Crippen LogP contribution in [0.5, 0.6) is 0 Å². The van der Waals surface area contributed by atoms with Crippen molar-refractivity contribution in [3.63, 3.8) is 0 Å². The van der Waals surface area contributed by atoms with E-state index in [0.29, 0.717) is 18.0 Å². The number of aliphatic hydroxyl groups excluding tert-OH is 1. The van der Waals surface area contributed by atoms with Gasteiger partial charge in [-0.15, -0.1) is 0 Å². The van der Waals surface area contributed by atoms with E-state index in [-0.39, 0.29) is 12.5 Å². The average molecular weight is 332 g/mol. The lowest BCUT2D eigenvalue weighted by Crippen LogP contribution is -2.38. The van der Waals surface area contributed by atoms with Gasteiger partial charge in [-0.2, -0.15) is 0 Å². The summed E-state index contributed by atoms with van der Waals surface area (Å²) in [4.78, 5) is 12.5. The minimum Gasteiger partial charge on any atom is -0.392 e. The molecule has 0 aliphatic carbocycles. The lowest BCUT2D eigenvalue weighted by atomic mass is 9.84. The minimum absolute atomic E-state index is 0.0229. The molecule has 0 bridgehead atoms. The van der Waals surface area contributed by atoms with Crippen molar-refractivity contribution in [2.24, 2.45) is 5.41 Å². The van der Waals surface area contributed by atoms with E-state index in [4.69, 9.17) is 11.6 Å². The zero-order chi connectivity index (χ0) is 16.9. The molecule has 0 fully saturated rings. The average Bonchev–Trinajstić information content (AvgIpc) is 2.52. The molecule has 122 valence electrons. The largest absolute Gasteiger partial charge is 0.392 e. The number of aliphatic hydroxyl groups is 1. The maximum atomic E-state index is 12.5. The molecule has 4 heteroatoms. The normalized spacial score (nSPS) is 11.3. The van der Waals surface area contributed by atoms with Gasteiger partial charge in [0.25, 0.3) is 0 Å². The summed E-state index contributed by atoms with van der Waals surface area (Å²) in [6.07, 6.45) is 0.612. The number of carbonyl (C=O) groups is 1. The van der Waals surface area contributed by atoms with Crippen molar-refractivity contribution in [1.29, 1.82) is 0 Å². The molecule has 0 atom stereocenters. The lowest BCUT2D eigenvalue weighted by molar-refractivity contribution is -0.129.